The monoisotopic (exact) mass is 248 g/mol. The average Bonchev–Trinajstić information content (AvgIpc) is 2.69. The molecule has 0 aliphatic carbocycles. The fourth-order valence-electron chi connectivity index (χ4n) is 1.90. The third kappa shape index (κ3) is 2.25. The molecule has 4 nitrogen and oxygen atoms in total. The maximum absolute atomic E-state index is 13.0. The minimum Gasteiger partial charge on any atom is -0.361 e. The van der Waals surface area contributed by atoms with Crippen molar-refractivity contribution in [3.05, 3.63) is 35.8 Å². The van der Waals surface area contributed by atoms with E-state index in [-0.39, 0.29) is 11.7 Å². The quantitative estimate of drug-likeness (QED) is 0.854. The molecule has 2 aromatic rings. The number of nitrogens with one attached hydrogen (secondary N) is 2. The summed E-state index contributed by atoms with van der Waals surface area (Å²) in [7, 11) is 0. The standard InChI is InChI=1S/C13H13FN2O2/c1-7(13(18)16-8(2)17)11-6-15-12-5-9(14)3-4-10(11)12/h3-7,15H,1-2H3,(H,16,17,18). The Labute approximate surface area is 103 Å². The minimum atomic E-state index is -0.479. The molecule has 1 aromatic carbocycles. The summed E-state index contributed by atoms with van der Waals surface area (Å²) < 4.78 is 13.0. The van der Waals surface area contributed by atoms with Gasteiger partial charge in [-0.3, -0.25) is 14.9 Å². The van der Waals surface area contributed by atoms with Gasteiger partial charge in [0.2, 0.25) is 11.8 Å². The zero-order valence-electron chi connectivity index (χ0n) is 10.1. The lowest BCUT2D eigenvalue weighted by Crippen LogP contribution is -2.31. The van der Waals surface area contributed by atoms with Gasteiger partial charge in [-0.2, -0.15) is 0 Å². The first kappa shape index (κ1) is 12.3. The number of imide groups is 1. The van der Waals surface area contributed by atoms with Crippen molar-refractivity contribution in [3.8, 4) is 0 Å². The number of fused-ring (bicyclic) bond motifs is 1. The highest BCUT2D eigenvalue weighted by atomic mass is 19.1. The number of benzene rings is 1. The molecule has 0 aliphatic rings. The van der Waals surface area contributed by atoms with Crippen molar-refractivity contribution in [2.45, 2.75) is 19.8 Å². The fraction of sp³-hybridized carbons (Fsp3) is 0.231. The van der Waals surface area contributed by atoms with Gasteiger partial charge in [-0.1, -0.05) is 0 Å². The molecule has 2 amide bonds. The number of halogens is 1. The Morgan fingerprint density at radius 2 is 2.11 bits per heavy atom. The maximum Gasteiger partial charge on any atom is 0.233 e. The van der Waals surface area contributed by atoms with E-state index in [1.807, 2.05) is 0 Å². The van der Waals surface area contributed by atoms with Gasteiger partial charge in [0.15, 0.2) is 0 Å². The summed E-state index contributed by atoms with van der Waals surface area (Å²) in [6, 6.07) is 4.33. The summed E-state index contributed by atoms with van der Waals surface area (Å²) in [6.07, 6.45) is 1.66. The highest BCUT2D eigenvalue weighted by Crippen LogP contribution is 2.26. The first-order chi connectivity index (χ1) is 8.49. The molecule has 0 spiro atoms. The second kappa shape index (κ2) is 4.60. The molecule has 0 saturated heterocycles. The van der Waals surface area contributed by atoms with Gasteiger partial charge < -0.3 is 4.98 Å². The van der Waals surface area contributed by atoms with Gasteiger partial charge in [-0.25, -0.2) is 4.39 Å². The molecule has 1 heterocycles. The number of aromatic amines is 1. The molecule has 0 aliphatic heterocycles. The van der Waals surface area contributed by atoms with E-state index in [1.165, 1.54) is 19.1 Å². The number of carbonyl (C=O) groups is 2. The van der Waals surface area contributed by atoms with Crippen LogP contribution in [0.3, 0.4) is 0 Å². The summed E-state index contributed by atoms with van der Waals surface area (Å²) in [4.78, 5) is 25.5. The Morgan fingerprint density at radius 3 is 2.78 bits per heavy atom. The van der Waals surface area contributed by atoms with E-state index in [4.69, 9.17) is 0 Å². The number of amides is 2. The largest absolute Gasteiger partial charge is 0.361 e. The minimum absolute atomic E-state index is 0.336. The van der Waals surface area contributed by atoms with Crippen molar-refractivity contribution in [3.63, 3.8) is 0 Å². The van der Waals surface area contributed by atoms with Crippen molar-refractivity contribution in [1.29, 1.82) is 0 Å². The van der Waals surface area contributed by atoms with Crippen molar-refractivity contribution in [2.75, 3.05) is 0 Å². The molecule has 0 bridgehead atoms. The average molecular weight is 248 g/mol. The number of rotatable bonds is 2. The van der Waals surface area contributed by atoms with Crippen LogP contribution in [-0.2, 0) is 9.59 Å². The van der Waals surface area contributed by atoms with Crippen LogP contribution >= 0.6 is 0 Å². The van der Waals surface area contributed by atoms with Crippen LogP contribution in [0.1, 0.15) is 25.3 Å². The molecule has 2 rings (SSSR count). The van der Waals surface area contributed by atoms with E-state index in [2.05, 4.69) is 10.3 Å². The number of hydrogen-bond acceptors (Lipinski definition) is 2. The van der Waals surface area contributed by atoms with Gasteiger partial charge in [-0.15, -0.1) is 0 Å². The van der Waals surface area contributed by atoms with Crippen LogP contribution < -0.4 is 5.32 Å². The first-order valence-corrected chi connectivity index (χ1v) is 5.57. The zero-order valence-corrected chi connectivity index (χ0v) is 10.1. The normalized spacial score (nSPS) is 12.4. The number of aromatic nitrogens is 1. The van der Waals surface area contributed by atoms with Gasteiger partial charge in [0, 0.05) is 24.0 Å². The molecule has 5 heteroatoms. The third-order valence-electron chi connectivity index (χ3n) is 2.83. The Hall–Kier alpha value is -2.17. The summed E-state index contributed by atoms with van der Waals surface area (Å²) in [5.41, 5.74) is 1.37. The van der Waals surface area contributed by atoms with Gasteiger partial charge in [0.1, 0.15) is 5.82 Å². The van der Waals surface area contributed by atoms with E-state index in [0.29, 0.717) is 5.52 Å². The first-order valence-electron chi connectivity index (χ1n) is 5.57. The molecule has 0 saturated carbocycles. The van der Waals surface area contributed by atoms with Crippen molar-refractivity contribution < 1.29 is 14.0 Å². The lowest BCUT2D eigenvalue weighted by molar-refractivity contribution is -0.129. The molecule has 0 radical (unpaired) electrons. The van der Waals surface area contributed by atoms with Crippen LogP contribution in [0.4, 0.5) is 4.39 Å². The van der Waals surface area contributed by atoms with E-state index >= 15 is 0 Å². The van der Waals surface area contributed by atoms with Gasteiger partial charge in [0.05, 0.1) is 5.92 Å². The summed E-state index contributed by atoms with van der Waals surface area (Å²) in [5, 5.41) is 3.02. The third-order valence-corrected chi connectivity index (χ3v) is 2.83. The molecule has 0 fully saturated rings. The Kier molecular flexibility index (Phi) is 3.14. The van der Waals surface area contributed by atoms with Gasteiger partial charge in [-0.05, 0) is 30.7 Å². The molecule has 2 N–H and O–H groups in total. The van der Waals surface area contributed by atoms with E-state index in [0.717, 1.165) is 10.9 Å². The second-order valence-electron chi connectivity index (χ2n) is 4.20. The number of H-pyrrole nitrogens is 1. The van der Waals surface area contributed by atoms with Crippen molar-refractivity contribution >= 4 is 22.7 Å². The summed E-state index contributed by atoms with van der Waals surface area (Å²) in [5.74, 6) is -1.57. The molecule has 18 heavy (non-hydrogen) atoms. The summed E-state index contributed by atoms with van der Waals surface area (Å²) >= 11 is 0. The van der Waals surface area contributed by atoms with Crippen molar-refractivity contribution in [1.82, 2.24) is 10.3 Å². The maximum atomic E-state index is 13.0. The van der Waals surface area contributed by atoms with Crippen LogP contribution in [-0.4, -0.2) is 16.8 Å². The van der Waals surface area contributed by atoms with Gasteiger partial charge in [0.25, 0.3) is 0 Å². The summed E-state index contributed by atoms with van der Waals surface area (Å²) in [6.45, 7) is 2.99. The Morgan fingerprint density at radius 1 is 1.39 bits per heavy atom. The predicted octanol–water partition coefficient (Wildman–Crippen LogP) is 2.07. The zero-order chi connectivity index (χ0) is 13.3. The predicted molar refractivity (Wildman–Crippen MR) is 65.5 cm³/mol. The molecule has 1 aromatic heterocycles. The van der Waals surface area contributed by atoms with Crippen molar-refractivity contribution in [2.24, 2.45) is 0 Å². The number of carbonyl (C=O) groups excluding carboxylic acids is 2. The molecule has 94 valence electrons. The van der Waals surface area contributed by atoms with Gasteiger partial charge >= 0.3 is 0 Å². The topological polar surface area (TPSA) is 62.0 Å². The lowest BCUT2D eigenvalue weighted by atomic mass is 9.99. The lowest BCUT2D eigenvalue weighted by Gasteiger charge is -2.09. The Balaban J connectivity index is 2.36. The Bertz CT molecular complexity index is 618. The molecular weight excluding hydrogens is 235 g/mol. The highest BCUT2D eigenvalue weighted by molar-refractivity contribution is 5.99. The highest BCUT2D eigenvalue weighted by Gasteiger charge is 2.19. The van der Waals surface area contributed by atoms with Crippen LogP contribution in [0.25, 0.3) is 10.9 Å². The number of hydrogen-bond donors (Lipinski definition) is 2. The van der Waals surface area contributed by atoms with E-state index < -0.39 is 11.8 Å². The van der Waals surface area contributed by atoms with Crippen LogP contribution in [0, 0.1) is 5.82 Å². The fourth-order valence-corrected chi connectivity index (χ4v) is 1.90. The van der Waals surface area contributed by atoms with E-state index in [9.17, 15) is 14.0 Å². The molecule has 1 unspecified atom stereocenters. The van der Waals surface area contributed by atoms with Crippen LogP contribution in [0.2, 0.25) is 0 Å². The van der Waals surface area contributed by atoms with Crippen LogP contribution in [0.15, 0.2) is 24.4 Å². The molecule has 1 atom stereocenters. The van der Waals surface area contributed by atoms with E-state index in [1.54, 1.807) is 19.2 Å². The van der Waals surface area contributed by atoms with Crippen LogP contribution in [0.5, 0.6) is 0 Å². The smallest absolute Gasteiger partial charge is 0.233 e. The molecular formula is C13H13FN2O2. The SMILES string of the molecule is CC(=O)NC(=O)C(C)c1c[nH]c2cc(F)ccc12. The second-order valence-corrected chi connectivity index (χ2v) is 4.20.